The van der Waals surface area contributed by atoms with Gasteiger partial charge in [0.25, 0.3) is 5.91 Å². The Kier molecular flexibility index (Phi) is 5.31. The zero-order chi connectivity index (χ0) is 19.8. The summed E-state index contributed by atoms with van der Waals surface area (Å²) in [5.74, 6) is -3.07. The minimum absolute atomic E-state index is 0.103. The van der Waals surface area contributed by atoms with Crippen LogP contribution in [0.1, 0.15) is 27.6 Å². The zero-order valence-electron chi connectivity index (χ0n) is 13.5. The molecule has 0 spiro atoms. The van der Waals surface area contributed by atoms with E-state index in [4.69, 9.17) is 4.74 Å². The first kappa shape index (κ1) is 19.5. The molecule has 1 aliphatic rings. The second kappa shape index (κ2) is 7.37. The summed E-state index contributed by atoms with van der Waals surface area (Å²) in [7, 11) is 0. The van der Waals surface area contributed by atoms with Gasteiger partial charge in [0.2, 0.25) is 0 Å². The fourth-order valence-electron chi connectivity index (χ4n) is 2.52. The predicted molar refractivity (Wildman–Crippen MR) is 86.7 cm³/mol. The van der Waals surface area contributed by atoms with Crippen molar-refractivity contribution in [2.24, 2.45) is 0 Å². The normalized spacial score (nSPS) is 18.6. The number of carbonyl (C=O) groups is 2. The molecule has 1 aromatic heterocycles. The standard InChI is InChI=1S/C17H13F4NO4S/c18-9-1-2-10(11(5-9)17(19,20)21)16(25)22-13(15(24)12-6-26-12)14(23)8-3-4-27-7-8/h1-5,7,12-14,23H,6H2,(H,22,25). The maximum Gasteiger partial charge on any atom is 0.417 e. The van der Waals surface area contributed by atoms with E-state index < -0.39 is 53.1 Å². The van der Waals surface area contributed by atoms with E-state index in [1.165, 1.54) is 17.4 Å². The van der Waals surface area contributed by atoms with Crippen LogP contribution in [0.5, 0.6) is 0 Å². The SMILES string of the molecule is O=C(NC(C(=O)C1CO1)C(O)c1ccsc1)c1ccc(F)cc1C(F)(F)F. The number of hydrogen-bond acceptors (Lipinski definition) is 5. The van der Waals surface area contributed by atoms with Gasteiger partial charge in [-0.1, -0.05) is 0 Å². The highest BCUT2D eigenvalue weighted by Gasteiger charge is 2.42. The molecule has 144 valence electrons. The summed E-state index contributed by atoms with van der Waals surface area (Å²) in [6.45, 7) is 0.103. The number of epoxide rings is 1. The number of aliphatic hydroxyl groups is 1. The average molecular weight is 403 g/mol. The lowest BCUT2D eigenvalue weighted by molar-refractivity contribution is -0.138. The van der Waals surface area contributed by atoms with Crippen molar-refractivity contribution in [3.05, 3.63) is 57.5 Å². The van der Waals surface area contributed by atoms with Crippen LogP contribution in [0.25, 0.3) is 0 Å². The quantitative estimate of drug-likeness (QED) is 0.574. The Bertz CT molecular complexity index is 849. The number of benzene rings is 1. The number of aliphatic hydroxyl groups excluding tert-OH is 1. The molecule has 0 saturated carbocycles. The lowest BCUT2D eigenvalue weighted by atomic mass is 9.98. The van der Waals surface area contributed by atoms with Crippen molar-refractivity contribution >= 4 is 23.0 Å². The van der Waals surface area contributed by atoms with Gasteiger partial charge in [0.1, 0.15) is 24.1 Å². The van der Waals surface area contributed by atoms with Gasteiger partial charge in [0, 0.05) is 0 Å². The number of alkyl halides is 3. The van der Waals surface area contributed by atoms with E-state index in [0.29, 0.717) is 17.7 Å². The van der Waals surface area contributed by atoms with Crippen molar-refractivity contribution in [3.63, 3.8) is 0 Å². The monoisotopic (exact) mass is 403 g/mol. The molecule has 5 nitrogen and oxygen atoms in total. The first-order valence-electron chi connectivity index (χ1n) is 7.71. The highest BCUT2D eigenvalue weighted by Crippen LogP contribution is 2.33. The molecule has 2 N–H and O–H groups in total. The fourth-order valence-corrected chi connectivity index (χ4v) is 3.21. The van der Waals surface area contributed by atoms with Gasteiger partial charge in [-0.2, -0.15) is 24.5 Å². The van der Waals surface area contributed by atoms with E-state index in [1.54, 1.807) is 10.8 Å². The molecule has 0 aliphatic carbocycles. The number of halogens is 4. The van der Waals surface area contributed by atoms with Crippen LogP contribution in [0.15, 0.2) is 35.0 Å². The summed E-state index contributed by atoms with van der Waals surface area (Å²) in [5.41, 5.74) is -2.00. The summed E-state index contributed by atoms with van der Waals surface area (Å²) >= 11 is 1.24. The summed E-state index contributed by atoms with van der Waals surface area (Å²) < 4.78 is 57.4. The Morgan fingerprint density at radius 3 is 2.56 bits per heavy atom. The minimum Gasteiger partial charge on any atom is -0.386 e. The van der Waals surface area contributed by atoms with Crippen LogP contribution in [0.2, 0.25) is 0 Å². The summed E-state index contributed by atoms with van der Waals surface area (Å²) in [4.78, 5) is 24.8. The highest BCUT2D eigenvalue weighted by molar-refractivity contribution is 7.07. The lowest BCUT2D eigenvalue weighted by Gasteiger charge is -2.23. The molecule has 1 saturated heterocycles. The van der Waals surface area contributed by atoms with Crippen LogP contribution in [-0.4, -0.2) is 35.5 Å². The van der Waals surface area contributed by atoms with Crippen LogP contribution < -0.4 is 5.32 Å². The van der Waals surface area contributed by atoms with Gasteiger partial charge in [-0.25, -0.2) is 4.39 Å². The number of ketones is 1. The molecule has 1 aromatic carbocycles. The van der Waals surface area contributed by atoms with E-state index in [0.717, 1.165) is 0 Å². The maximum absolute atomic E-state index is 13.2. The van der Waals surface area contributed by atoms with Gasteiger partial charge >= 0.3 is 6.18 Å². The molecule has 3 unspecified atom stereocenters. The average Bonchev–Trinajstić information content (AvgIpc) is 3.31. The van der Waals surface area contributed by atoms with E-state index >= 15 is 0 Å². The fraction of sp³-hybridized carbons (Fsp3) is 0.294. The third-order valence-electron chi connectivity index (χ3n) is 3.98. The van der Waals surface area contributed by atoms with E-state index in [9.17, 15) is 32.3 Å². The number of hydrogen-bond donors (Lipinski definition) is 2. The van der Waals surface area contributed by atoms with Crippen molar-refractivity contribution in [1.82, 2.24) is 5.32 Å². The van der Waals surface area contributed by atoms with Crippen LogP contribution in [0.3, 0.4) is 0 Å². The molecule has 0 bridgehead atoms. The zero-order valence-corrected chi connectivity index (χ0v) is 14.3. The number of thiophene rings is 1. The number of ether oxygens (including phenoxy) is 1. The van der Waals surface area contributed by atoms with Gasteiger partial charge in [0.05, 0.1) is 17.7 Å². The second-order valence-corrected chi connectivity index (χ2v) is 6.64. The maximum atomic E-state index is 13.2. The van der Waals surface area contributed by atoms with Crippen LogP contribution in [0, 0.1) is 5.82 Å². The Hall–Kier alpha value is -2.30. The summed E-state index contributed by atoms with van der Waals surface area (Å²) in [6.07, 6.45) is -7.27. The highest BCUT2D eigenvalue weighted by atomic mass is 32.1. The Labute approximate surface area is 154 Å². The largest absolute Gasteiger partial charge is 0.417 e. The molecule has 10 heteroatoms. The molecular formula is C17H13F4NO4S. The minimum atomic E-state index is -4.97. The van der Waals surface area contributed by atoms with Gasteiger partial charge in [0.15, 0.2) is 5.78 Å². The van der Waals surface area contributed by atoms with Crippen molar-refractivity contribution in [2.45, 2.75) is 24.4 Å². The van der Waals surface area contributed by atoms with Crippen LogP contribution in [0.4, 0.5) is 17.6 Å². The summed E-state index contributed by atoms with van der Waals surface area (Å²) in [5, 5.41) is 15.7. The third-order valence-corrected chi connectivity index (χ3v) is 4.68. The molecule has 1 fully saturated rings. The number of nitrogens with one attached hydrogen (secondary N) is 1. The molecule has 3 atom stereocenters. The van der Waals surface area contributed by atoms with Gasteiger partial charge in [-0.05, 0) is 40.6 Å². The van der Waals surface area contributed by atoms with Crippen molar-refractivity contribution in [1.29, 1.82) is 0 Å². The first-order chi connectivity index (χ1) is 12.7. The molecule has 2 heterocycles. The van der Waals surface area contributed by atoms with Crippen molar-refractivity contribution < 1.29 is 37.0 Å². The molecule has 27 heavy (non-hydrogen) atoms. The second-order valence-electron chi connectivity index (χ2n) is 5.86. The van der Waals surface area contributed by atoms with Crippen LogP contribution in [-0.2, 0) is 15.7 Å². The first-order valence-corrected chi connectivity index (χ1v) is 8.66. The van der Waals surface area contributed by atoms with Crippen LogP contribution >= 0.6 is 11.3 Å². The summed E-state index contributed by atoms with van der Waals surface area (Å²) in [6, 6.07) is 1.60. The molecule has 1 amide bonds. The Morgan fingerprint density at radius 2 is 2.00 bits per heavy atom. The smallest absolute Gasteiger partial charge is 0.386 e. The van der Waals surface area contributed by atoms with Crippen molar-refractivity contribution in [3.8, 4) is 0 Å². The predicted octanol–water partition coefficient (Wildman–Crippen LogP) is 2.71. The van der Waals surface area contributed by atoms with E-state index in [1.807, 2.05) is 0 Å². The van der Waals surface area contributed by atoms with E-state index in [2.05, 4.69) is 5.32 Å². The Balaban J connectivity index is 1.90. The molecule has 3 rings (SSSR count). The van der Waals surface area contributed by atoms with E-state index in [-0.39, 0.29) is 12.7 Å². The molecular weight excluding hydrogens is 390 g/mol. The van der Waals surface area contributed by atoms with Crippen molar-refractivity contribution in [2.75, 3.05) is 6.61 Å². The number of Topliss-reactive ketones (excluding diaryl/α,β-unsaturated/α-hetero) is 1. The lowest BCUT2D eigenvalue weighted by Crippen LogP contribution is -2.47. The van der Waals surface area contributed by atoms with Gasteiger partial charge in [-0.3, -0.25) is 9.59 Å². The number of amides is 1. The molecule has 0 radical (unpaired) electrons. The third kappa shape index (κ3) is 4.34. The number of rotatable bonds is 6. The number of carbonyl (C=O) groups excluding carboxylic acids is 2. The topological polar surface area (TPSA) is 78.9 Å². The molecule has 2 aromatic rings. The van der Waals surface area contributed by atoms with Gasteiger partial charge in [-0.15, -0.1) is 0 Å². The molecule has 1 aliphatic heterocycles. The van der Waals surface area contributed by atoms with Gasteiger partial charge < -0.3 is 15.2 Å². The Morgan fingerprint density at radius 1 is 1.30 bits per heavy atom.